The Morgan fingerprint density at radius 3 is 2.82 bits per heavy atom. The van der Waals surface area contributed by atoms with Crippen molar-refractivity contribution in [2.24, 2.45) is 5.73 Å². The third-order valence-corrected chi connectivity index (χ3v) is 2.38. The molecule has 0 heterocycles. The number of carbonyl (C=O) groups is 1. The molecule has 1 aromatic carbocycles. The lowest BCUT2D eigenvalue weighted by molar-refractivity contribution is -0.118. The summed E-state index contributed by atoms with van der Waals surface area (Å²) in [6, 6.07) is 6.11. The van der Waals surface area contributed by atoms with Crippen molar-refractivity contribution < 1.29 is 14.3 Å². The van der Waals surface area contributed by atoms with Gasteiger partial charge in [0.15, 0.2) is 0 Å². The number of hydrogen-bond donors (Lipinski definition) is 3. The number of nitrogens with two attached hydrogens (primary N) is 1. The number of nitrogens with one attached hydrogen (secondary N) is 1. The van der Waals surface area contributed by atoms with E-state index in [1.165, 1.54) is 6.07 Å². The molecule has 0 saturated heterocycles. The number of hydrogen-bond acceptors (Lipinski definition) is 3. The lowest BCUT2D eigenvalue weighted by atomic mass is 10.1. The molecular formula is C12H17FN2O2. The van der Waals surface area contributed by atoms with E-state index in [2.05, 4.69) is 5.32 Å². The first-order chi connectivity index (χ1) is 8.11. The Bertz CT molecular complexity index is 371. The van der Waals surface area contributed by atoms with Crippen LogP contribution in [0.1, 0.15) is 24.5 Å². The summed E-state index contributed by atoms with van der Waals surface area (Å²) in [4.78, 5) is 10.5. The quantitative estimate of drug-likeness (QED) is 0.614. The van der Waals surface area contributed by atoms with Crippen LogP contribution in [0.5, 0.6) is 0 Å². The minimum absolute atomic E-state index is 0.250. The maximum absolute atomic E-state index is 13.3. The summed E-state index contributed by atoms with van der Waals surface area (Å²) in [5.41, 5.74) is 5.25. The molecule has 1 aromatic rings. The second kappa shape index (κ2) is 6.98. The van der Waals surface area contributed by atoms with Crippen LogP contribution in [0.4, 0.5) is 4.39 Å². The number of amides is 1. The molecule has 0 saturated carbocycles. The Kier molecular flexibility index (Phi) is 5.59. The van der Waals surface area contributed by atoms with Gasteiger partial charge in [-0.05, 0) is 19.0 Å². The smallest absolute Gasteiger partial charge is 0.217 e. The molecule has 5 heteroatoms. The standard InChI is InChI=1S/C12H17FN2O2/c13-10-5-2-1-4-9(10)11(16)8-15-7-3-6-12(14)17/h1-2,4-5,11,15-16H,3,6-8H2,(H2,14,17). The van der Waals surface area contributed by atoms with Crippen molar-refractivity contribution in [3.63, 3.8) is 0 Å². The van der Waals surface area contributed by atoms with Crippen LogP contribution in [0, 0.1) is 5.82 Å². The number of carbonyl (C=O) groups excluding carboxylic acids is 1. The topological polar surface area (TPSA) is 75.4 Å². The van der Waals surface area contributed by atoms with E-state index >= 15 is 0 Å². The molecule has 0 bridgehead atoms. The molecule has 4 nitrogen and oxygen atoms in total. The average molecular weight is 240 g/mol. The number of primary amides is 1. The zero-order valence-electron chi connectivity index (χ0n) is 9.53. The molecule has 0 fully saturated rings. The van der Waals surface area contributed by atoms with Crippen molar-refractivity contribution in [2.45, 2.75) is 18.9 Å². The van der Waals surface area contributed by atoms with Crippen LogP contribution < -0.4 is 11.1 Å². The fraction of sp³-hybridized carbons (Fsp3) is 0.417. The lowest BCUT2D eigenvalue weighted by Gasteiger charge is -2.12. The van der Waals surface area contributed by atoms with Crippen LogP contribution >= 0.6 is 0 Å². The number of aliphatic hydroxyl groups is 1. The monoisotopic (exact) mass is 240 g/mol. The molecule has 0 aliphatic carbocycles. The van der Waals surface area contributed by atoms with Gasteiger partial charge >= 0.3 is 0 Å². The van der Waals surface area contributed by atoms with Gasteiger partial charge in [0.2, 0.25) is 5.91 Å². The Hall–Kier alpha value is -1.46. The first-order valence-electron chi connectivity index (χ1n) is 5.52. The van der Waals surface area contributed by atoms with E-state index in [9.17, 15) is 14.3 Å². The molecule has 0 radical (unpaired) electrons. The highest BCUT2D eigenvalue weighted by Gasteiger charge is 2.11. The van der Waals surface area contributed by atoms with E-state index in [0.717, 1.165) is 0 Å². The summed E-state index contributed by atoms with van der Waals surface area (Å²) >= 11 is 0. The molecular weight excluding hydrogens is 223 g/mol. The lowest BCUT2D eigenvalue weighted by Crippen LogP contribution is -2.24. The maximum atomic E-state index is 13.3. The van der Waals surface area contributed by atoms with E-state index in [1.807, 2.05) is 0 Å². The first-order valence-corrected chi connectivity index (χ1v) is 5.52. The summed E-state index contributed by atoms with van der Waals surface area (Å²) in [7, 11) is 0. The summed E-state index contributed by atoms with van der Waals surface area (Å²) < 4.78 is 13.3. The van der Waals surface area contributed by atoms with Gasteiger partial charge < -0.3 is 16.2 Å². The highest BCUT2D eigenvalue weighted by atomic mass is 19.1. The van der Waals surface area contributed by atoms with Crippen LogP contribution in [0.15, 0.2) is 24.3 Å². The maximum Gasteiger partial charge on any atom is 0.217 e. The van der Waals surface area contributed by atoms with Gasteiger partial charge in [0.1, 0.15) is 5.82 Å². The molecule has 0 aliphatic heterocycles. The van der Waals surface area contributed by atoms with Crippen molar-refractivity contribution in [2.75, 3.05) is 13.1 Å². The molecule has 1 unspecified atom stereocenters. The minimum Gasteiger partial charge on any atom is -0.387 e. The molecule has 17 heavy (non-hydrogen) atoms. The molecule has 1 atom stereocenters. The van der Waals surface area contributed by atoms with Crippen LogP contribution in [0.2, 0.25) is 0 Å². The van der Waals surface area contributed by atoms with Crippen LogP contribution in [0.25, 0.3) is 0 Å². The first kappa shape index (κ1) is 13.6. The summed E-state index contributed by atoms with van der Waals surface area (Å²) in [5.74, 6) is -0.764. The second-order valence-electron chi connectivity index (χ2n) is 3.81. The zero-order valence-corrected chi connectivity index (χ0v) is 9.53. The predicted molar refractivity (Wildman–Crippen MR) is 62.7 cm³/mol. The van der Waals surface area contributed by atoms with Crippen molar-refractivity contribution >= 4 is 5.91 Å². The second-order valence-corrected chi connectivity index (χ2v) is 3.81. The highest BCUT2D eigenvalue weighted by Crippen LogP contribution is 2.15. The van der Waals surface area contributed by atoms with Crippen LogP contribution in [0.3, 0.4) is 0 Å². The normalized spacial score (nSPS) is 12.4. The number of halogens is 1. The zero-order chi connectivity index (χ0) is 12.7. The van der Waals surface area contributed by atoms with Crippen molar-refractivity contribution in [3.8, 4) is 0 Å². The van der Waals surface area contributed by atoms with E-state index in [4.69, 9.17) is 5.73 Å². The summed E-state index contributed by atoms with van der Waals surface area (Å²) in [6.07, 6.45) is 0.0343. The molecule has 0 spiro atoms. The molecule has 94 valence electrons. The number of rotatable bonds is 7. The van der Waals surface area contributed by atoms with E-state index in [1.54, 1.807) is 18.2 Å². The van der Waals surface area contributed by atoms with Crippen molar-refractivity contribution in [3.05, 3.63) is 35.6 Å². The Morgan fingerprint density at radius 1 is 1.47 bits per heavy atom. The van der Waals surface area contributed by atoms with Gasteiger partial charge in [-0.15, -0.1) is 0 Å². The van der Waals surface area contributed by atoms with Gasteiger partial charge in [0.05, 0.1) is 6.10 Å². The molecule has 1 amide bonds. The van der Waals surface area contributed by atoms with Gasteiger partial charge in [0, 0.05) is 18.5 Å². The average Bonchev–Trinajstić information content (AvgIpc) is 2.28. The van der Waals surface area contributed by atoms with Crippen molar-refractivity contribution in [1.29, 1.82) is 0 Å². The SMILES string of the molecule is NC(=O)CCCNCC(O)c1ccccc1F. The van der Waals surface area contributed by atoms with E-state index < -0.39 is 11.9 Å². The molecule has 0 aromatic heterocycles. The van der Waals surface area contributed by atoms with Gasteiger partial charge in [-0.3, -0.25) is 4.79 Å². The molecule has 0 aliphatic rings. The highest BCUT2D eigenvalue weighted by molar-refractivity contribution is 5.73. The van der Waals surface area contributed by atoms with Crippen LogP contribution in [-0.4, -0.2) is 24.1 Å². The Balaban J connectivity index is 2.28. The van der Waals surface area contributed by atoms with Gasteiger partial charge in [-0.1, -0.05) is 18.2 Å². The Labute approximate surface area is 99.6 Å². The molecule has 4 N–H and O–H groups in total. The number of aliphatic hydroxyl groups excluding tert-OH is 1. The summed E-state index contributed by atoms with van der Waals surface area (Å²) in [5, 5.41) is 12.7. The predicted octanol–water partition coefficient (Wildman–Crippen LogP) is 0.714. The summed E-state index contributed by atoms with van der Waals surface area (Å²) in [6.45, 7) is 0.814. The van der Waals surface area contributed by atoms with Crippen molar-refractivity contribution in [1.82, 2.24) is 5.32 Å². The third-order valence-electron chi connectivity index (χ3n) is 2.38. The van der Waals surface area contributed by atoms with E-state index in [0.29, 0.717) is 19.4 Å². The molecule has 1 rings (SSSR count). The fourth-order valence-electron chi connectivity index (χ4n) is 1.48. The largest absolute Gasteiger partial charge is 0.387 e. The Morgan fingerprint density at radius 2 is 2.18 bits per heavy atom. The minimum atomic E-state index is -0.884. The number of benzene rings is 1. The van der Waals surface area contributed by atoms with Gasteiger partial charge in [-0.25, -0.2) is 4.39 Å². The third kappa shape index (κ3) is 4.93. The van der Waals surface area contributed by atoms with E-state index in [-0.39, 0.29) is 18.0 Å². The fourth-order valence-corrected chi connectivity index (χ4v) is 1.48. The van der Waals surface area contributed by atoms with Gasteiger partial charge in [0.25, 0.3) is 0 Å². The van der Waals surface area contributed by atoms with Gasteiger partial charge in [-0.2, -0.15) is 0 Å². The van der Waals surface area contributed by atoms with Crippen LogP contribution in [-0.2, 0) is 4.79 Å².